The lowest BCUT2D eigenvalue weighted by atomic mass is 9.97. The Labute approximate surface area is 398 Å². The molecule has 8 rings (SSSR count). The quantitative estimate of drug-likeness (QED) is 0.0835. The summed E-state index contributed by atoms with van der Waals surface area (Å²) in [5.74, 6) is 0.665. The van der Waals surface area contributed by atoms with E-state index in [2.05, 4.69) is 40.9 Å². The number of ketones is 1. The Kier molecular flexibility index (Phi) is 16.9. The zero-order valence-corrected chi connectivity index (χ0v) is 39.7. The number of aromatic carboxylic acids is 1. The van der Waals surface area contributed by atoms with Gasteiger partial charge in [-0.2, -0.15) is 9.97 Å². The van der Waals surface area contributed by atoms with Crippen LogP contribution in [0.4, 0.5) is 11.6 Å². The molecule has 6 aromatic rings. The Bertz CT molecular complexity index is 2680. The number of nitrogens with zero attached hydrogens (tertiary/aromatic N) is 6. The Morgan fingerprint density at radius 1 is 0.667 bits per heavy atom. The molecule has 0 atom stereocenters. The van der Waals surface area contributed by atoms with Crippen molar-refractivity contribution in [2.45, 2.75) is 97.4 Å². The summed E-state index contributed by atoms with van der Waals surface area (Å²) in [5.41, 5.74) is 10.5. The number of carboxylic acid groups (broad SMARTS) is 1. The normalized spacial score (nSPS) is 13.2. The molecular weight excluding hydrogens is 909 g/mol. The van der Waals surface area contributed by atoms with Crippen LogP contribution < -0.4 is 16.4 Å². The molecule has 0 unspecified atom stereocenters. The highest BCUT2D eigenvalue weighted by atomic mass is 35.5. The SMILES string of the molecule is CC(C)(C)c1nc(C(=O)CCc2ccc(-c3ccnc(NC(=O)C4CC4)c3)cc2Cl)no1.CC(C)(C)c1nc(C(=O)O)no1.Cl.NCc1ccc(-c2ccnc(NC(=O)C3CC3)c2)cc1Cl. The lowest BCUT2D eigenvalue weighted by molar-refractivity contribution is -0.118. The van der Waals surface area contributed by atoms with Crippen molar-refractivity contribution >= 4 is 70.8 Å². The smallest absolute Gasteiger partial charge is 0.377 e. The summed E-state index contributed by atoms with van der Waals surface area (Å²) < 4.78 is 9.95. The molecule has 348 valence electrons. The number of hydrogen-bond donors (Lipinski definition) is 4. The van der Waals surface area contributed by atoms with Gasteiger partial charge in [-0.3, -0.25) is 14.4 Å². The molecule has 2 aliphatic rings. The summed E-state index contributed by atoms with van der Waals surface area (Å²) in [7, 11) is 0. The fourth-order valence-electron chi connectivity index (χ4n) is 5.94. The summed E-state index contributed by atoms with van der Waals surface area (Å²) in [6, 6.07) is 18.9. The number of aromatic nitrogens is 6. The second kappa shape index (κ2) is 21.9. The molecule has 2 fully saturated rings. The van der Waals surface area contributed by atoms with Crippen LogP contribution in [-0.4, -0.2) is 58.9 Å². The third-order valence-electron chi connectivity index (χ3n) is 10.1. The predicted octanol–water partition coefficient (Wildman–Crippen LogP) is 9.94. The molecule has 4 aromatic heterocycles. The second-order valence-electron chi connectivity index (χ2n) is 17.8. The predicted molar refractivity (Wildman–Crippen MR) is 253 cm³/mol. The van der Waals surface area contributed by atoms with E-state index >= 15 is 0 Å². The van der Waals surface area contributed by atoms with Crippen molar-refractivity contribution in [1.29, 1.82) is 0 Å². The van der Waals surface area contributed by atoms with Gasteiger partial charge < -0.3 is 30.5 Å². The van der Waals surface area contributed by atoms with Crippen LogP contribution in [0, 0.1) is 11.8 Å². The fourth-order valence-corrected chi connectivity index (χ4v) is 6.48. The number of rotatable bonds is 12. The van der Waals surface area contributed by atoms with Crippen LogP contribution in [0.3, 0.4) is 0 Å². The maximum atomic E-state index is 12.5. The number of Topliss-reactive ketones (excluding diaryl/α,β-unsaturated/α-hetero) is 1. The van der Waals surface area contributed by atoms with Gasteiger partial charge in [-0.1, -0.05) is 94.2 Å². The topological polar surface area (TPSA) is 242 Å². The Hall–Kier alpha value is -6.07. The number of carboxylic acids is 1. The molecule has 5 N–H and O–H groups in total. The van der Waals surface area contributed by atoms with Crippen molar-refractivity contribution < 1.29 is 33.3 Å². The summed E-state index contributed by atoms with van der Waals surface area (Å²) >= 11 is 12.7. The van der Waals surface area contributed by atoms with E-state index in [4.69, 9.17) is 43.1 Å². The highest BCUT2D eigenvalue weighted by Gasteiger charge is 2.31. The summed E-state index contributed by atoms with van der Waals surface area (Å²) in [6.07, 6.45) is 7.87. The first kappa shape index (κ1) is 50.9. The molecule has 2 aromatic carbocycles. The molecule has 2 saturated carbocycles. The number of pyridine rings is 2. The molecule has 0 spiro atoms. The van der Waals surface area contributed by atoms with Gasteiger partial charge in [-0.25, -0.2) is 14.8 Å². The highest BCUT2D eigenvalue weighted by Crippen LogP contribution is 2.33. The van der Waals surface area contributed by atoms with E-state index in [9.17, 15) is 19.2 Å². The molecule has 0 radical (unpaired) electrons. The maximum Gasteiger partial charge on any atom is 0.377 e. The van der Waals surface area contributed by atoms with Gasteiger partial charge >= 0.3 is 5.97 Å². The van der Waals surface area contributed by atoms with E-state index in [1.807, 2.05) is 102 Å². The number of halogens is 3. The minimum atomic E-state index is -1.17. The van der Waals surface area contributed by atoms with E-state index < -0.39 is 5.97 Å². The van der Waals surface area contributed by atoms with Gasteiger partial charge in [0.1, 0.15) is 11.6 Å². The van der Waals surface area contributed by atoms with Gasteiger partial charge in [0.2, 0.25) is 35.2 Å². The van der Waals surface area contributed by atoms with Crippen molar-refractivity contribution in [3.05, 3.63) is 118 Å². The van der Waals surface area contributed by atoms with Crippen LogP contribution in [-0.2, 0) is 33.4 Å². The number of carbonyl (C=O) groups excluding carboxylic acids is 3. The molecule has 2 aliphatic carbocycles. The van der Waals surface area contributed by atoms with Crippen molar-refractivity contribution in [2.24, 2.45) is 17.6 Å². The molecular formula is C47H52Cl3N9O7. The van der Waals surface area contributed by atoms with E-state index in [1.54, 1.807) is 12.4 Å². The average molecular weight is 961 g/mol. The minimum absolute atomic E-state index is 0. The lowest BCUT2D eigenvalue weighted by Crippen LogP contribution is -2.14. The Morgan fingerprint density at radius 2 is 1.09 bits per heavy atom. The minimum Gasteiger partial charge on any atom is -0.475 e. The molecule has 2 amide bonds. The number of anilines is 2. The van der Waals surface area contributed by atoms with E-state index in [0.717, 1.165) is 59.1 Å². The van der Waals surface area contributed by atoms with Crippen LogP contribution in [0.1, 0.15) is 118 Å². The summed E-state index contributed by atoms with van der Waals surface area (Å²) in [6.45, 7) is 11.9. The van der Waals surface area contributed by atoms with Crippen LogP contribution in [0.5, 0.6) is 0 Å². The van der Waals surface area contributed by atoms with Crippen molar-refractivity contribution in [1.82, 2.24) is 30.2 Å². The van der Waals surface area contributed by atoms with Crippen LogP contribution in [0.2, 0.25) is 10.0 Å². The van der Waals surface area contributed by atoms with Gasteiger partial charge in [0.05, 0.1) is 0 Å². The van der Waals surface area contributed by atoms with Gasteiger partial charge in [-0.05, 0) is 107 Å². The van der Waals surface area contributed by atoms with E-state index in [-0.39, 0.29) is 70.7 Å². The number of carbonyl (C=O) groups is 4. The number of benzene rings is 2. The molecule has 0 aliphatic heterocycles. The summed E-state index contributed by atoms with van der Waals surface area (Å²) in [4.78, 5) is 62.9. The lowest BCUT2D eigenvalue weighted by Gasteiger charge is -2.10. The van der Waals surface area contributed by atoms with E-state index in [0.29, 0.717) is 46.4 Å². The molecule has 16 nitrogen and oxygen atoms in total. The van der Waals surface area contributed by atoms with Crippen LogP contribution in [0.15, 0.2) is 82.1 Å². The third-order valence-corrected chi connectivity index (χ3v) is 10.8. The zero-order valence-electron chi connectivity index (χ0n) is 37.4. The van der Waals surface area contributed by atoms with E-state index in [1.165, 1.54) is 0 Å². The third kappa shape index (κ3) is 14.2. The first-order chi connectivity index (χ1) is 30.8. The number of aryl methyl sites for hydroxylation is 1. The Morgan fingerprint density at radius 3 is 1.47 bits per heavy atom. The fraction of sp³-hybridized carbons (Fsp3) is 0.362. The number of nitrogens with one attached hydrogen (secondary N) is 2. The molecule has 0 bridgehead atoms. The molecule has 66 heavy (non-hydrogen) atoms. The first-order valence-corrected chi connectivity index (χ1v) is 21.8. The van der Waals surface area contributed by atoms with Gasteiger partial charge in [0, 0.05) is 58.1 Å². The van der Waals surface area contributed by atoms with Gasteiger partial charge in [0.15, 0.2) is 0 Å². The second-order valence-corrected chi connectivity index (χ2v) is 18.6. The Balaban J connectivity index is 0.000000206. The molecule has 0 saturated heterocycles. The van der Waals surface area contributed by atoms with Crippen LogP contribution >= 0.6 is 35.6 Å². The van der Waals surface area contributed by atoms with Gasteiger partial charge in [-0.15, -0.1) is 12.4 Å². The number of hydrogen-bond acceptors (Lipinski definition) is 13. The highest BCUT2D eigenvalue weighted by molar-refractivity contribution is 6.32. The molecule has 19 heteroatoms. The summed E-state index contributed by atoms with van der Waals surface area (Å²) in [5, 5.41) is 22.5. The van der Waals surface area contributed by atoms with Gasteiger partial charge in [0.25, 0.3) is 5.82 Å². The zero-order chi connectivity index (χ0) is 47.1. The van der Waals surface area contributed by atoms with Crippen molar-refractivity contribution in [3.8, 4) is 22.3 Å². The maximum absolute atomic E-state index is 12.5. The largest absolute Gasteiger partial charge is 0.475 e. The number of amides is 2. The number of nitrogens with two attached hydrogens (primary N) is 1. The van der Waals surface area contributed by atoms with Crippen molar-refractivity contribution in [2.75, 3.05) is 10.6 Å². The molecule has 4 heterocycles. The monoisotopic (exact) mass is 959 g/mol. The standard InChI is InChI=1S/C24H25ClN4O3.C16H16ClN3O.C7H10N2O3.ClH/c1-24(2,3)23-28-21(29-32-23)19(30)9-8-14-4-7-16(12-18(14)25)17-10-11-26-20(13-17)27-22(31)15-5-6-15;17-14-7-11(3-4-13(14)9-18)12-5-6-19-15(8-12)20-16(21)10-1-2-10;1-7(2,3)6-8-4(5(10)11)9-12-6;/h4,7,10-13,15H,5-6,8-9H2,1-3H3,(H,26,27,31);3-8,10H,1-2,9,18H2,(H,19,20,21);1-3H3,(H,10,11);1H. The first-order valence-electron chi connectivity index (χ1n) is 21.1. The van der Waals surface area contributed by atoms with Crippen molar-refractivity contribution in [3.63, 3.8) is 0 Å². The van der Waals surface area contributed by atoms with Crippen LogP contribution in [0.25, 0.3) is 22.3 Å². The average Bonchev–Trinajstić information content (AvgIpc) is 4.19.